The first-order chi connectivity index (χ1) is 24.0. The highest BCUT2D eigenvalue weighted by atomic mass is 16.6. The molecule has 0 radical (unpaired) electrons. The van der Waals surface area contributed by atoms with E-state index < -0.39 is 6.10 Å². The van der Waals surface area contributed by atoms with E-state index in [4.69, 9.17) is 14.2 Å². The highest BCUT2D eigenvalue weighted by molar-refractivity contribution is 5.71. The number of carbonyl (C=O) groups excluding carboxylic acids is 3. The van der Waals surface area contributed by atoms with Crippen molar-refractivity contribution in [2.75, 3.05) is 13.2 Å². The van der Waals surface area contributed by atoms with Crippen LogP contribution in [0.4, 0.5) is 0 Å². The average Bonchev–Trinajstić information content (AvgIpc) is 3.10. The molecule has 0 aromatic heterocycles. The van der Waals surface area contributed by atoms with Gasteiger partial charge < -0.3 is 14.2 Å². The molecule has 0 spiro atoms. The topological polar surface area (TPSA) is 78.9 Å². The number of allylic oxidation sites excluding steroid dienone is 10. The summed E-state index contributed by atoms with van der Waals surface area (Å²) in [6, 6.07) is 0. The van der Waals surface area contributed by atoms with Crippen LogP contribution < -0.4 is 0 Å². The third kappa shape index (κ3) is 36.2. The van der Waals surface area contributed by atoms with Crippen LogP contribution in [0, 0.1) is 0 Å². The van der Waals surface area contributed by atoms with Crippen LogP contribution in [0.3, 0.4) is 0 Å². The molecule has 0 N–H and O–H groups in total. The van der Waals surface area contributed by atoms with Gasteiger partial charge in [0.15, 0.2) is 6.10 Å². The van der Waals surface area contributed by atoms with Crippen molar-refractivity contribution in [2.45, 2.75) is 181 Å². The van der Waals surface area contributed by atoms with E-state index >= 15 is 0 Å². The number of hydrogen-bond donors (Lipinski definition) is 0. The Kier molecular flexibility index (Phi) is 35.7. The van der Waals surface area contributed by atoms with E-state index in [1.54, 1.807) is 0 Å². The molecule has 1 unspecified atom stereocenters. The summed E-state index contributed by atoms with van der Waals surface area (Å²) in [5.74, 6) is -0.977. The number of esters is 3. The van der Waals surface area contributed by atoms with Gasteiger partial charge in [0.05, 0.1) is 0 Å². The van der Waals surface area contributed by atoms with E-state index in [-0.39, 0.29) is 37.5 Å². The van der Waals surface area contributed by atoms with E-state index in [2.05, 4.69) is 81.5 Å². The van der Waals surface area contributed by atoms with Gasteiger partial charge in [-0.3, -0.25) is 14.4 Å². The second-order valence-electron chi connectivity index (χ2n) is 12.8. The first kappa shape index (κ1) is 46.1. The van der Waals surface area contributed by atoms with E-state index in [0.717, 1.165) is 77.0 Å². The van der Waals surface area contributed by atoms with E-state index in [1.807, 2.05) is 0 Å². The molecule has 6 heteroatoms. The molecule has 49 heavy (non-hydrogen) atoms. The lowest BCUT2D eigenvalue weighted by molar-refractivity contribution is -0.167. The molecule has 0 aromatic rings. The van der Waals surface area contributed by atoms with E-state index in [0.29, 0.717) is 19.3 Å². The molecule has 0 aliphatic rings. The molecule has 0 aliphatic carbocycles. The quantitative estimate of drug-likeness (QED) is 0.0290. The fourth-order valence-electron chi connectivity index (χ4n) is 5.06. The van der Waals surface area contributed by atoms with Crippen LogP contribution in [-0.4, -0.2) is 37.2 Å². The molecule has 0 fully saturated rings. The van der Waals surface area contributed by atoms with Gasteiger partial charge >= 0.3 is 17.9 Å². The molecular formula is C43H72O6. The Hall–Kier alpha value is -2.89. The normalized spacial score (nSPS) is 12.6. The Morgan fingerprint density at radius 2 is 0.796 bits per heavy atom. The van der Waals surface area contributed by atoms with Gasteiger partial charge in [-0.25, -0.2) is 0 Å². The van der Waals surface area contributed by atoms with Crippen LogP contribution in [0.25, 0.3) is 0 Å². The number of hydrogen-bond acceptors (Lipinski definition) is 6. The van der Waals surface area contributed by atoms with Gasteiger partial charge in [-0.1, -0.05) is 159 Å². The molecule has 0 amide bonds. The van der Waals surface area contributed by atoms with Crippen LogP contribution >= 0.6 is 0 Å². The Bertz CT molecular complexity index is 929. The van der Waals surface area contributed by atoms with Crippen molar-refractivity contribution < 1.29 is 28.6 Å². The minimum absolute atomic E-state index is 0.0921. The van der Waals surface area contributed by atoms with Crippen LogP contribution in [0.2, 0.25) is 0 Å². The fraction of sp³-hybridized carbons (Fsp3) is 0.698. The molecule has 6 nitrogen and oxygen atoms in total. The minimum Gasteiger partial charge on any atom is -0.462 e. The fourth-order valence-corrected chi connectivity index (χ4v) is 5.06. The van der Waals surface area contributed by atoms with Gasteiger partial charge in [0.1, 0.15) is 13.2 Å². The monoisotopic (exact) mass is 685 g/mol. The summed E-state index contributed by atoms with van der Waals surface area (Å²) in [5, 5.41) is 0. The van der Waals surface area contributed by atoms with Gasteiger partial charge in [0, 0.05) is 19.3 Å². The lowest BCUT2D eigenvalue weighted by Gasteiger charge is -2.18. The molecule has 1 atom stereocenters. The summed E-state index contributed by atoms with van der Waals surface area (Å²) in [5.41, 5.74) is 0. The van der Waals surface area contributed by atoms with Crippen molar-refractivity contribution in [2.24, 2.45) is 0 Å². The predicted octanol–water partition coefficient (Wildman–Crippen LogP) is 12.2. The zero-order valence-electron chi connectivity index (χ0n) is 31.7. The summed E-state index contributed by atoms with van der Waals surface area (Å²) in [6.45, 7) is 6.34. The first-order valence-electron chi connectivity index (χ1n) is 19.8. The van der Waals surface area contributed by atoms with Crippen LogP contribution in [0.1, 0.15) is 175 Å². The van der Waals surface area contributed by atoms with Crippen molar-refractivity contribution >= 4 is 17.9 Å². The van der Waals surface area contributed by atoms with Crippen molar-refractivity contribution in [1.82, 2.24) is 0 Å². The zero-order valence-corrected chi connectivity index (χ0v) is 31.7. The molecule has 0 bridgehead atoms. The molecule has 0 saturated heterocycles. The Morgan fingerprint density at radius 1 is 0.429 bits per heavy atom. The number of rotatable bonds is 34. The largest absolute Gasteiger partial charge is 0.462 e. The van der Waals surface area contributed by atoms with Crippen LogP contribution in [0.5, 0.6) is 0 Å². The van der Waals surface area contributed by atoms with Gasteiger partial charge in [-0.15, -0.1) is 0 Å². The summed E-state index contributed by atoms with van der Waals surface area (Å²) in [4.78, 5) is 37.2. The van der Waals surface area contributed by atoms with Crippen molar-refractivity contribution in [3.05, 3.63) is 60.8 Å². The van der Waals surface area contributed by atoms with Crippen molar-refractivity contribution in [3.8, 4) is 0 Å². The smallest absolute Gasteiger partial charge is 0.306 e. The van der Waals surface area contributed by atoms with Crippen LogP contribution in [0.15, 0.2) is 60.8 Å². The lowest BCUT2D eigenvalue weighted by atomic mass is 10.1. The standard InChI is InChI=1S/C43H72O6/c1-4-7-10-13-16-18-19-20-21-22-23-24-25-26-28-30-33-36-42(45)48-39-40(38-47-41(44)35-32-29-15-12-9-6-3)49-43(46)37-34-31-27-17-14-11-8-5-2/h7,10,16,18,20-21,23-24,26,28,40H,4-6,8-9,11-15,17,19,22,25,27,29-39H2,1-3H3/b10-7-,18-16-,21-20-,24-23-,28-26-. The maximum absolute atomic E-state index is 12.5. The number of unbranched alkanes of at least 4 members (excludes halogenated alkanes) is 13. The SMILES string of the molecule is CC/C=C\C/C=C\C/C=C\C/C=C\C/C=C\CCCC(=O)OCC(COC(=O)CCCCCCCC)OC(=O)CCCCCCCCCC. The maximum Gasteiger partial charge on any atom is 0.306 e. The van der Waals surface area contributed by atoms with Gasteiger partial charge in [-0.05, 0) is 57.8 Å². The molecular weight excluding hydrogens is 612 g/mol. The van der Waals surface area contributed by atoms with Gasteiger partial charge in [0.2, 0.25) is 0 Å². The molecule has 0 saturated carbocycles. The summed E-state index contributed by atoms with van der Waals surface area (Å²) in [7, 11) is 0. The number of carbonyl (C=O) groups is 3. The first-order valence-corrected chi connectivity index (χ1v) is 19.8. The highest BCUT2D eigenvalue weighted by Crippen LogP contribution is 2.12. The minimum atomic E-state index is -0.787. The summed E-state index contributed by atoms with van der Waals surface area (Å²) >= 11 is 0. The third-order valence-electron chi connectivity index (χ3n) is 8.04. The summed E-state index contributed by atoms with van der Waals surface area (Å²) < 4.78 is 16.5. The third-order valence-corrected chi connectivity index (χ3v) is 8.04. The Morgan fingerprint density at radius 3 is 1.24 bits per heavy atom. The number of ether oxygens (including phenoxy) is 3. The Labute approximate surface area is 300 Å². The Balaban J connectivity index is 4.37. The second-order valence-corrected chi connectivity index (χ2v) is 12.8. The maximum atomic E-state index is 12.5. The highest BCUT2D eigenvalue weighted by Gasteiger charge is 2.19. The van der Waals surface area contributed by atoms with E-state index in [9.17, 15) is 14.4 Å². The molecule has 280 valence electrons. The second kappa shape index (κ2) is 37.9. The van der Waals surface area contributed by atoms with Crippen LogP contribution in [-0.2, 0) is 28.6 Å². The van der Waals surface area contributed by atoms with E-state index in [1.165, 1.54) is 51.4 Å². The predicted molar refractivity (Wildman–Crippen MR) is 205 cm³/mol. The lowest BCUT2D eigenvalue weighted by Crippen LogP contribution is -2.30. The van der Waals surface area contributed by atoms with Gasteiger partial charge in [0.25, 0.3) is 0 Å². The van der Waals surface area contributed by atoms with Crippen molar-refractivity contribution in [3.63, 3.8) is 0 Å². The molecule has 0 heterocycles. The summed E-state index contributed by atoms with van der Waals surface area (Å²) in [6.07, 6.45) is 43.8. The zero-order chi connectivity index (χ0) is 35.9. The molecule has 0 rings (SSSR count). The van der Waals surface area contributed by atoms with Crippen molar-refractivity contribution in [1.29, 1.82) is 0 Å². The average molecular weight is 685 g/mol. The van der Waals surface area contributed by atoms with Gasteiger partial charge in [-0.2, -0.15) is 0 Å². The molecule has 0 aromatic carbocycles. The molecule has 0 aliphatic heterocycles.